The van der Waals surface area contributed by atoms with Crippen molar-refractivity contribution < 1.29 is 14.4 Å². The van der Waals surface area contributed by atoms with Crippen LogP contribution >= 0.6 is 11.6 Å². The van der Waals surface area contributed by atoms with Crippen molar-refractivity contribution in [3.05, 3.63) is 79.8 Å². The summed E-state index contributed by atoms with van der Waals surface area (Å²) in [5, 5.41) is 15.1. The molecule has 0 aliphatic heterocycles. The van der Waals surface area contributed by atoms with E-state index in [4.69, 9.17) is 21.1 Å². The van der Waals surface area contributed by atoms with Crippen LogP contribution in [0.4, 0.5) is 5.82 Å². The minimum Gasteiger partial charge on any atom is -0.485 e. The van der Waals surface area contributed by atoms with E-state index in [-0.39, 0.29) is 28.9 Å². The Morgan fingerprint density at radius 2 is 1.87 bits per heavy atom. The van der Waals surface area contributed by atoms with E-state index < -0.39 is 16.0 Å². The second-order valence-corrected chi connectivity index (χ2v) is 7.71. The number of rotatable bonds is 6. The van der Waals surface area contributed by atoms with Crippen molar-refractivity contribution >= 4 is 17.4 Å². The van der Waals surface area contributed by atoms with Gasteiger partial charge in [0.25, 0.3) is 5.56 Å². The standard InChI is InChI=1S/C20H19ClN4O5/c1-20(2,3)24-19(26)17(21)16(11-23-24)29-12-13-6-8-14(9-7-13)30-15-5-4-10-22-18(15)25(27)28/h4-11H,12H2,1-3H3. The highest BCUT2D eigenvalue weighted by Crippen LogP contribution is 2.29. The van der Waals surface area contributed by atoms with Crippen LogP contribution in [0, 0.1) is 10.1 Å². The van der Waals surface area contributed by atoms with E-state index >= 15 is 0 Å². The van der Waals surface area contributed by atoms with Crippen LogP contribution in [0.25, 0.3) is 0 Å². The van der Waals surface area contributed by atoms with Gasteiger partial charge in [-0.05, 0) is 60.5 Å². The molecule has 0 bridgehead atoms. The van der Waals surface area contributed by atoms with Gasteiger partial charge >= 0.3 is 5.82 Å². The summed E-state index contributed by atoms with van der Waals surface area (Å²) in [5.74, 6) is 0.275. The lowest BCUT2D eigenvalue weighted by Crippen LogP contribution is -2.36. The Morgan fingerprint density at radius 1 is 1.17 bits per heavy atom. The molecule has 10 heteroatoms. The summed E-state index contributed by atoms with van der Waals surface area (Å²) in [4.78, 5) is 26.5. The first kappa shape index (κ1) is 21.3. The predicted octanol–water partition coefficient (Wildman–Crippen LogP) is 4.33. The molecule has 0 fully saturated rings. The second kappa shape index (κ2) is 8.50. The molecule has 1 aromatic carbocycles. The Morgan fingerprint density at radius 3 is 2.50 bits per heavy atom. The van der Waals surface area contributed by atoms with Gasteiger partial charge in [-0.15, -0.1) is 0 Å². The third kappa shape index (κ3) is 4.74. The molecule has 3 rings (SSSR count). The first-order valence-corrected chi connectivity index (χ1v) is 9.32. The van der Waals surface area contributed by atoms with Crippen LogP contribution in [0.1, 0.15) is 26.3 Å². The number of nitro groups is 1. The number of nitrogens with zero attached hydrogens (tertiary/aromatic N) is 4. The number of hydrogen-bond acceptors (Lipinski definition) is 7. The maximum absolute atomic E-state index is 12.4. The number of hydrogen-bond donors (Lipinski definition) is 0. The first-order valence-electron chi connectivity index (χ1n) is 8.94. The van der Waals surface area contributed by atoms with Gasteiger partial charge in [0.1, 0.15) is 18.6 Å². The van der Waals surface area contributed by atoms with E-state index in [1.165, 1.54) is 23.1 Å². The molecule has 2 heterocycles. The maximum atomic E-state index is 12.4. The van der Waals surface area contributed by atoms with Crippen LogP contribution in [0.15, 0.2) is 53.6 Å². The topological polar surface area (TPSA) is 109 Å². The average molecular weight is 431 g/mol. The fraction of sp³-hybridized carbons (Fsp3) is 0.250. The molecular weight excluding hydrogens is 412 g/mol. The van der Waals surface area contributed by atoms with Gasteiger partial charge in [-0.2, -0.15) is 5.10 Å². The molecular formula is C20H19ClN4O5. The number of aromatic nitrogens is 3. The molecule has 0 unspecified atom stereocenters. The van der Waals surface area contributed by atoms with E-state index in [9.17, 15) is 14.9 Å². The Labute approximate surface area is 177 Å². The minimum atomic E-state index is -0.608. The molecule has 156 valence electrons. The number of pyridine rings is 1. The second-order valence-electron chi connectivity index (χ2n) is 7.33. The van der Waals surface area contributed by atoms with E-state index in [0.717, 1.165) is 5.56 Å². The fourth-order valence-electron chi connectivity index (χ4n) is 2.54. The van der Waals surface area contributed by atoms with E-state index in [1.807, 2.05) is 20.8 Å². The zero-order valence-corrected chi connectivity index (χ0v) is 17.3. The van der Waals surface area contributed by atoms with Crippen LogP contribution < -0.4 is 15.0 Å². The molecule has 0 N–H and O–H groups in total. The summed E-state index contributed by atoms with van der Waals surface area (Å²) in [7, 11) is 0. The summed E-state index contributed by atoms with van der Waals surface area (Å²) in [6.07, 6.45) is 2.74. The van der Waals surface area contributed by atoms with Gasteiger partial charge in [0.2, 0.25) is 5.75 Å². The SMILES string of the molecule is CC(C)(C)n1ncc(OCc2ccc(Oc3cccnc3[N+](=O)[O-])cc2)c(Cl)c1=O. The lowest BCUT2D eigenvalue weighted by molar-refractivity contribution is -0.390. The van der Waals surface area contributed by atoms with E-state index in [0.29, 0.717) is 5.75 Å². The molecule has 0 spiro atoms. The molecule has 3 aromatic rings. The zero-order chi connectivity index (χ0) is 21.9. The summed E-state index contributed by atoms with van der Waals surface area (Å²) >= 11 is 6.15. The molecule has 2 aromatic heterocycles. The summed E-state index contributed by atoms with van der Waals surface area (Å²) in [5.41, 5.74) is -0.152. The molecule has 0 aliphatic carbocycles. The predicted molar refractivity (Wildman–Crippen MR) is 110 cm³/mol. The van der Waals surface area contributed by atoms with Crippen molar-refractivity contribution in [2.45, 2.75) is 32.9 Å². The Bertz CT molecular complexity index is 1120. The Kier molecular flexibility index (Phi) is 6.02. The van der Waals surface area contributed by atoms with Gasteiger partial charge in [-0.3, -0.25) is 4.79 Å². The van der Waals surface area contributed by atoms with Crippen molar-refractivity contribution in [3.63, 3.8) is 0 Å². The highest BCUT2D eigenvalue weighted by atomic mass is 35.5. The largest absolute Gasteiger partial charge is 0.485 e. The van der Waals surface area contributed by atoms with Crippen molar-refractivity contribution in [1.82, 2.24) is 14.8 Å². The van der Waals surface area contributed by atoms with Crippen molar-refractivity contribution in [2.75, 3.05) is 0 Å². The van der Waals surface area contributed by atoms with Gasteiger partial charge in [0.15, 0.2) is 10.8 Å². The van der Waals surface area contributed by atoms with Crippen molar-refractivity contribution in [1.29, 1.82) is 0 Å². The number of ether oxygens (including phenoxy) is 2. The lowest BCUT2D eigenvalue weighted by atomic mass is 10.1. The molecule has 9 nitrogen and oxygen atoms in total. The summed E-state index contributed by atoms with van der Waals surface area (Å²) in [6.45, 7) is 5.69. The van der Waals surface area contributed by atoms with Crippen LogP contribution in [0.2, 0.25) is 5.02 Å². The van der Waals surface area contributed by atoms with Crippen molar-refractivity contribution in [2.24, 2.45) is 0 Å². The quantitative estimate of drug-likeness (QED) is 0.423. The summed E-state index contributed by atoms with van der Waals surface area (Å²) in [6, 6.07) is 9.77. The molecule has 0 amide bonds. The molecule has 30 heavy (non-hydrogen) atoms. The van der Waals surface area contributed by atoms with Gasteiger partial charge in [-0.1, -0.05) is 23.7 Å². The van der Waals surface area contributed by atoms with Gasteiger partial charge in [0, 0.05) is 0 Å². The Balaban J connectivity index is 1.70. The fourth-order valence-corrected chi connectivity index (χ4v) is 2.72. The van der Waals surface area contributed by atoms with Gasteiger partial charge in [-0.25, -0.2) is 4.68 Å². The maximum Gasteiger partial charge on any atom is 0.406 e. The highest BCUT2D eigenvalue weighted by molar-refractivity contribution is 6.31. The van der Waals surface area contributed by atoms with Gasteiger partial charge < -0.3 is 19.6 Å². The van der Waals surface area contributed by atoms with Crippen LogP contribution in [-0.2, 0) is 12.1 Å². The minimum absolute atomic E-state index is 0.0382. The zero-order valence-electron chi connectivity index (χ0n) is 16.5. The van der Waals surface area contributed by atoms with Gasteiger partial charge in [0.05, 0.1) is 11.7 Å². The number of halogens is 1. The molecule has 0 saturated heterocycles. The smallest absolute Gasteiger partial charge is 0.406 e. The molecule has 0 aliphatic rings. The first-order chi connectivity index (χ1) is 14.2. The highest BCUT2D eigenvalue weighted by Gasteiger charge is 2.20. The number of benzene rings is 1. The lowest BCUT2D eigenvalue weighted by Gasteiger charge is -2.21. The third-order valence-corrected chi connectivity index (χ3v) is 4.34. The summed E-state index contributed by atoms with van der Waals surface area (Å²) < 4.78 is 12.5. The van der Waals surface area contributed by atoms with Crippen LogP contribution in [0.5, 0.6) is 17.2 Å². The van der Waals surface area contributed by atoms with Crippen LogP contribution in [-0.4, -0.2) is 19.7 Å². The van der Waals surface area contributed by atoms with E-state index in [2.05, 4.69) is 10.1 Å². The van der Waals surface area contributed by atoms with E-state index in [1.54, 1.807) is 30.3 Å². The molecule has 0 atom stereocenters. The van der Waals surface area contributed by atoms with Crippen molar-refractivity contribution in [3.8, 4) is 17.2 Å². The normalized spacial score (nSPS) is 11.2. The molecule has 0 radical (unpaired) electrons. The monoisotopic (exact) mass is 430 g/mol. The Hall–Kier alpha value is -3.46. The third-order valence-electron chi connectivity index (χ3n) is 3.99. The van der Waals surface area contributed by atoms with Crippen LogP contribution in [0.3, 0.4) is 0 Å². The average Bonchev–Trinajstić information content (AvgIpc) is 2.69. The molecule has 0 saturated carbocycles.